The van der Waals surface area contributed by atoms with Crippen molar-refractivity contribution >= 4 is 39.5 Å². The first-order valence-corrected chi connectivity index (χ1v) is 42.4. The first-order valence-electron chi connectivity index (χ1n) is 39.5. The third kappa shape index (κ3) is 70.0. The molecule has 566 valence electrons. The number of hydrogen-bond donors (Lipinski definition) is 3. The number of rotatable bonds is 75. The average Bonchev–Trinajstić information content (AvgIpc) is 1.10. The quantitative estimate of drug-likeness (QED) is 0.0169. The van der Waals surface area contributed by atoms with E-state index in [9.17, 15) is 43.2 Å². The van der Waals surface area contributed by atoms with E-state index in [1.807, 2.05) is 0 Å². The first-order chi connectivity index (χ1) is 46.5. The molecule has 0 saturated heterocycles. The van der Waals surface area contributed by atoms with Crippen molar-refractivity contribution in [2.45, 2.75) is 400 Å². The van der Waals surface area contributed by atoms with E-state index >= 15 is 0 Å². The van der Waals surface area contributed by atoms with E-state index in [0.717, 1.165) is 109 Å². The highest BCUT2D eigenvalue weighted by Crippen LogP contribution is 2.45. The van der Waals surface area contributed by atoms with Gasteiger partial charge in [0.1, 0.15) is 19.3 Å². The summed E-state index contributed by atoms with van der Waals surface area (Å²) in [7, 11) is -9.92. The van der Waals surface area contributed by atoms with Crippen molar-refractivity contribution in [1.29, 1.82) is 0 Å². The topological polar surface area (TPSA) is 237 Å². The minimum Gasteiger partial charge on any atom is -0.462 e. The van der Waals surface area contributed by atoms with Crippen LogP contribution in [-0.4, -0.2) is 96.7 Å². The monoisotopic (exact) mass is 1410 g/mol. The molecule has 17 nitrogen and oxygen atoms in total. The van der Waals surface area contributed by atoms with E-state index in [1.165, 1.54) is 186 Å². The number of ether oxygens (including phenoxy) is 4. The summed E-state index contributed by atoms with van der Waals surface area (Å²) >= 11 is 0. The van der Waals surface area contributed by atoms with Gasteiger partial charge in [-0.1, -0.05) is 329 Å². The number of phosphoric acid groups is 2. The van der Waals surface area contributed by atoms with Gasteiger partial charge in [0.15, 0.2) is 12.2 Å². The lowest BCUT2D eigenvalue weighted by molar-refractivity contribution is -0.161. The average molecular weight is 1410 g/mol. The van der Waals surface area contributed by atoms with Crippen LogP contribution in [0.2, 0.25) is 0 Å². The van der Waals surface area contributed by atoms with Gasteiger partial charge in [-0.3, -0.25) is 37.3 Å². The van der Waals surface area contributed by atoms with Gasteiger partial charge in [0.25, 0.3) is 0 Å². The number of carbonyl (C=O) groups is 4. The minimum absolute atomic E-state index is 0.102. The lowest BCUT2D eigenvalue weighted by Crippen LogP contribution is -2.30. The van der Waals surface area contributed by atoms with Crippen molar-refractivity contribution in [2.24, 2.45) is 5.92 Å². The van der Waals surface area contributed by atoms with Crippen LogP contribution in [0.3, 0.4) is 0 Å². The zero-order chi connectivity index (χ0) is 70.5. The Bertz CT molecular complexity index is 1930. The molecule has 0 bridgehead atoms. The molecule has 0 aromatic heterocycles. The standard InChI is InChI=1S/C77H146O17P2/c1-6-9-12-15-18-21-24-26-28-29-30-31-32-33-35-37-39-42-47-52-57-62-76(81)93-72(66-88-75(80)61-56-51-46-41-38-36-34-27-25-22-19-16-13-10-7-2)68-91-95(83,84)89-64-71(78)65-90-96(85,86)92-69-73(94-77(82)63-58-53-48-43-44-49-54-59-70(4)5)67-87-74(79)60-55-50-45-40-23-20-17-14-11-8-3/h22,25,27,34,70-73,78H,6-21,23-24,26,28-33,35-69H2,1-5H3,(H,83,84)(H,85,86)/b25-22-,34-27-/t71-,72-,73-/m1/s1. The highest BCUT2D eigenvalue weighted by atomic mass is 31.2. The summed E-state index contributed by atoms with van der Waals surface area (Å²) in [6.07, 6.45) is 62.1. The molecule has 0 heterocycles. The third-order valence-corrected chi connectivity index (χ3v) is 19.3. The van der Waals surface area contributed by atoms with Crippen LogP contribution in [0.4, 0.5) is 0 Å². The Balaban J connectivity index is 5.22. The van der Waals surface area contributed by atoms with Gasteiger partial charge in [0.2, 0.25) is 0 Å². The molecule has 0 saturated carbocycles. The van der Waals surface area contributed by atoms with Crippen molar-refractivity contribution in [2.75, 3.05) is 39.6 Å². The fourth-order valence-electron chi connectivity index (χ4n) is 11.3. The maximum atomic E-state index is 13.1. The van der Waals surface area contributed by atoms with Gasteiger partial charge >= 0.3 is 39.5 Å². The van der Waals surface area contributed by atoms with Crippen molar-refractivity contribution in [3.63, 3.8) is 0 Å². The molecule has 96 heavy (non-hydrogen) atoms. The first kappa shape index (κ1) is 93.5. The zero-order valence-corrected chi connectivity index (χ0v) is 63.8. The van der Waals surface area contributed by atoms with Gasteiger partial charge in [-0.25, -0.2) is 9.13 Å². The Morgan fingerprint density at radius 2 is 0.562 bits per heavy atom. The summed E-state index contributed by atoms with van der Waals surface area (Å²) < 4.78 is 68.4. The molecule has 5 atom stereocenters. The minimum atomic E-state index is -4.96. The van der Waals surface area contributed by atoms with Crippen LogP contribution < -0.4 is 0 Å². The third-order valence-electron chi connectivity index (χ3n) is 17.4. The van der Waals surface area contributed by atoms with Crippen molar-refractivity contribution in [3.05, 3.63) is 24.3 Å². The van der Waals surface area contributed by atoms with Crippen LogP contribution in [0.5, 0.6) is 0 Å². The highest BCUT2D eigenvalue weighted by Gasteiger charge is 2.30. The highest BCUT2D eigenvalue weighted by molar-refractivity contribution is 7.47. The fourth-order valence-corrected chi connectivity index (χ4v) is 12.9. The molecular formula is C77H146O17P2. The maximum Gasteiger partial charge on any atom is 0.472 e. The second kappa shape index (κ2) is 69.6. The number of phosphoric ester groups is 2. The Kier molecular flexibility index (Phi) is 67.8. The molecule has 0 fully saturated rings. The van der Waals surface area contributed by atoms with Crippen LogP contribution in [0.15, 0.2) is 24.3 Å². The summed E-state index contributed by atoms with van der Waals surface area (Å²) in [5, 5.41) is 10.6. The molecule has 0 aromatic carbocycles. The predicted molar refractivity (Wildman–Crippen MR) is 391 cm³/mol. The van der Waals surface area contributed by atoms with Crippen LogP contribution in [-0.2, 0) is 65.4 Å². The number of carbonyl (C=O) groups excluding carboxylic acids is 4. The van der Waals surface area contributed by atoms with Gasteiger partial charge in [0, 0.05) is 25.7 Å². The summed E-state index contributed by atoms with van der Waals surface area (Å²) in [4.78, 5) is 72.7. The van der Waals surface area contributed by atoms with Gasteiger partial charge in [0.05, 0.1) is 26.4 Å². The van der Waals surface area contributed by atoms with Crippen molar-refractivity contribution < 1.29 is 80.2 Å². The largest absolute Gasteiger partial charge is 0.472 e. The Morgan fingerprint density at radius 1 is 0.323 bits per heavy atom. The lowest BCUT2D eigenvalue weighted by Gasteiger charge is -2.21. The van der Waals surface area contributed by atoms with Crippen LogP contribution in [0, 0.1) is 5.92 Å². The Labute approximate surface area is 586 Å². The van der Waals surface area contributed by atoms with Crippen molar-refractivity contribution in [3.8, 4) is 0 Å². The molecule has 0 aromatic rings. The number of aliphatic hydroxyl groups excluding tert-OH is 1. The fraction of sp³-hybridized carbons (Fsp3) is 0.896. The number of unbranched alkanes of at least 4 members (excludes halogenated alkanes) is 44. The van der Waals surface area contributed by atoms with Crippen molar-refractivity contribution in [1.82, 2.24) is 0 Å². The summed E-state index contributed by atoms with van der Waals surface area (Å²) in [6.45, 7) is 7.15. The van der Waals surface area contributed by atoms with Crippen LogP contribution in [0.1, 0.15) is 381 Å². The Hall–Kier alpha value is -2.46. The van der Waals surface area contributed by atoms with E-state index in [-0.39, 0.29) is 25.7 Å². The van der Waals surface area contributed by atoms with E-state index in [2.05, 4.69) is 58.9 Å². The van der Waals surface area contributed by atoms with Crippen LogP contribution in [0.25, 0.3) is 0 Å². The summed E-state index contributed by atoms with van der Waals surface area (Å²) in [5.41, 5.74) is 0. The molecule has 3 N–H and O–H groups in total. The van der Waals surface area contributed by atoms with Gasteiger partial charge < -0.3 is 33.8 Å². The number of hydrogen-bond acceptors (Lipinski definition) is 15. The summed E-state index contributed by atoms with van der Waals surface area (Å²) in [6, 6.07) is 0. The second-order valence-corrected chi connectivity index (χ2v) is 30.4. The van der Waals surface area contributed by atoms with E-state index in [0.29, 0.717) is 31.6 Å². The zero-order valence-electron chi connectivity index (χ0n) is 62.0. The van der Waals surface area contributed by atoms with E-state index < -0.39 is 97.5 Å². The van der Waals surface area contributed by atoms with Crippen LogP contribution >= 0.6 is 15.6 Å². The predicted octanol–water partition coefficient (Wildman–Crippen LogP) is 22.4. The molecule has 2 unspecified atom stereocenters. The molecule has 0 aliphatic heterocycles. The smallest absolute Gasteiger partial charge is 0.462 e. The van der Waals surface area contributed by atoms with Gasteiger partial charge in [-0.05, 0) is 57.3 Å². The second-order valence-electron chi connectivity index (χ2n) is 27.5. The van der Waals surface area contributed by atoms with E-state index in [1.54, 1.807) is 0 Å². The summed E-state index contributed by atoms with van der Waals surface area (Å²) in [5.74, 6) is -1.45. The molecule has 0 spiro atoms. The number of allylic oxidation sites excluding steroid dienone is 4. The van der Waals surface area contributed by atoms with Gasteiger partial charge in [-0.15, -0.1) is 0 Å². The maximum absolute atomic E-state index is 13.1. The SMILES string of the molecule is CCCCCC/C=C\C=C/CCCCCCCC(=O)OC[C@H](COP(=O)(O)OC[C@@H](O)COP(=O)(O)OC[C@@H](COC(=O)CCCCCCCCCCCC)OC(=O)CCCCCCCCCC(C)C)OC(=O)CCCCCCCCCCCCCCCCCCCCCCC. The van der Waals surface area contributed by atoms with E-state index in [4.69, 9.17) is 37.0 Å². The molecule has 0 amide bonds. The number of esters is 4. The molecule has 19 heteroatoms. The normalized spacial score (nSPS) is 14.1. The molecule has 0 rings (SSSR count). The number of aliphatic hydroxyl groups is 1. The molecule has 0 aliphatic rings. The lowest BCUT2D eigenvalue weighted by atomic mass is 10.0. The molecular weight excluding hydrogens is 1260 g/mol. The van der Waals surface area contributed by atoms with Gasteiger partial charge in [-0.2, -0.15) is 0 Å². The Morgan fingerprint density at radius 3 is 0.854 bits per heavy atom. The molecule has 0 radical (unpaired) electrons. The molecule has 0 aliphatic carbocycles.